The second-order valence-electron chi connectivity index (χ2n) is 6.04. The van der Waals surface area contributed by atoms with Crippen LogP contribution in [0.25, 0.3) is 0 Å². The number of nitrogens with one attached hydrogen (secondary N) is 1. The van der Waals surface area contributed by atoms with Crippen molar-refractivity contribution < 1.29 is 27.5 Å². The van der Waals surface area contributed by atoms with E-state index < -0.39 is 11.7 Å². The van der Waals surface area contributed by atoms with Gasteiger partial charge in [0.15, 0.2) is 5.78 Å². The third kappa shape index (κ3) is 6.33. The number of hydrogen-bond donors (Lipinski definition) is 1. The highest BCUT2D eigenvalue weighted by Crippen LogP contribution is 2.29. The van der Waals surface area contributed by atoms with Gasteiger partial charge in [0.2, 0.25) is 11.8 Å². The van der Waals surface area contributed by atoms with Crippen molar-refractivity contribution in [3.8, 4) is 5.88 Å². The van der Waals surface area contributed by atoms with Crippen molar-refractivity contribution >= 4 is 17.5 Å². The third-order valence-electron chi connectivity index (χ3n) is 3.73. The molecule has 0 atom stereocenters. The zero-order chi connectivity index (χ0) is 20.7. The van der Waals surface area contributed by atoms with E-state index in [4.69, 9.17) is 4.74 Å². The average molecular weight is 395 g/mol. The van der Waals surface area contributed by atoms with Crippen LogP contribution in [0, 0.1) is 6.92 Å². The van der Waals surface area contributed by atoms with E-state index in [-0.39, 0.29) is 30.6 Å². The number of halogens is 3. The van der Waals surface area contributed by atoms with Crippen molar-refractivity contribution in [3.05, 3.63) is 47.3 Å². The fourth-order valence-electron chi connectivity index (χ4n) is 2.31. The average Bonchev–Trinajstić information content (AvgIpc) is 2.64. The summed E-state index contributed by atoms with van der Waals surface area (Å²) >= 11 is 0. The number of ketones is 1. The number of pyridine rings is 2. The van der Waals surface area contributed by atoms with Gasteiger partial charge < -0.3 is 10.1 Å². The van der Waals surface area contributed by atoms with E-state index in [2.05, 4.69) is 15.3 Å². The van der Waals surface area contributed by atoms with E-state index in [1.54, 1.807) is 19.9 Å². The smallest absolute Gasteiger partial charge is 0.417 e. The van der Waals surface area contributed by atoms with E-state index in [0.29, 0.717) is 36.1 Å². The Kier molecular flexibility index (Phi) is 7.08. The van der Waals surface area contributed by atoms with Crippen molar-refractivity contribution in [2.24, 2.45) is 0 Å². The fraction of sp³-hybridized carbons (Fsp3) is 0.368. The molecule has 2 aromatic heterocycles. The molecule has 0 saturated carbocycles. The third-order valence-corrected chi connectivity index (χ3v) is 3.73. The summed E-state index contributed by atoms with van der Waals surface area (Å²) in [6, 6.07) is 5.17. The molecule has 0 saturated heterocycles. The molecule has 2 aromatic rings. The fourth-order valence-corrected chi connectivity index (χ4v) is 2.31. The second-order valence-corrected chi connectivity index (χ2v) is 6.04. The Labute approximate surface area is 160 Å². The minimum atomic E-state index is -4.45. The molecule has 0 aliphatic carbocycles. The Hall–Kier alpha value is -2.97. The first-order chi connectivity index (χ1) is 13.2. The standard InChI is InChI=1S/C19H20F3N3O3/c1-3-17(27)25-16-10-13(9-12(2)24-16)15(26)5-4-8-28-18-7-6-14(11-23-18)19(20,21)22/h6-7,9-11H,3-5,8H2,1-2H3,(H,24,25,27). The van der Waals surface area contributed by atoms with Crippen LogP contribution in [0.3, 0.4) is 0 Å². The molecule has 0 aliphatic rings. The number of ether oxygens (including phenoxy) is 1. The number of carbonyl (C=O) groups is 2. The Morgan fingerprint density at radius 1 is 1.21 bits per heavy atom. The molecule has 6 nitrogen and oxygen atoms in total. The lowest BCUT2D eigenvalue weighted by Crippen LogP contribution is -2.12. The summed E-state index contributed by atoms with van der Waals surface area (Å²) in [5.74, 6) is 0.0283. The predicted octanol–water partition coefficient (Wildman–Crippen LogP) is 4.19. The van der Waals surface area contributed by atoms with Gasteiger partial charge in [-0.25, -0.2) is 9.97 Å². The molecule has 150 valence electrons. The number of nitrogens with zero attached hydrogens (tertiary/aromatic N) is 2. The Bertz CT molecular complexity index is 837. The minimum absolute atomic E-state index is 0.0600. The van der Waals surface area contributed by atoms with Gasteiger partial charge in [0.25, 0.3) is 0 Å². The zero-order valence-corrected chi connectivity index (χ0v) is 15.5. The molecule has 1 N–H and O–H groups in total. The first-order valence-corrected chi connectivity index (χ1v) is 8.67. The maximum absolute atomic E-state index is 12.5. The van der Waals surface area contributed by atoms with Crippen LogP contribution in [0.4, 0.5) is 19.0 Å². The van der Waals surface area contributed by atoms with Gasteiger partial charge in [0.1, 0.15) is 5.82 Å². The second kappa shape index (κ2) is 9.29. The van der Waals surface area contributed by atoms with E-state index in [0.717, 1.165) is 12.1 Å². The van der Waals surface area contributed by atoms with Gasteiger partial charge in [-0.3, -0.25) is 9.59 Å². The van der Waals surface area contributed by atoms with Gasteiger partial charge in [-0.15, -0.1) is 0 Å². The van der Waals surface area contributed by atoms with Crippen LogP contribution in [0.5, 0.6) is 5.88 Å². The topological polar surface area (TPSA) is 81.2 Å². The number of hydrogen-bond acceptors (Lipinski definition) is 5. The van der Waals surface area contributed by atoms with Gasteiger partial charge >= 0.3 is 6.18 Å². The Morgan fingerprint density at radius 2 is 1.96 bits per heavy atom. The highest BCUT2D eigenvalue weighted by molar-refractivity contribution is 5.98. The lowest BCUT2D eigenvalue weighted by atomic mass is 10.1. The molecule has 2 rings (SSSR count). The number of carbonyl (C=O) groups excluding carboxylic acids is 2. The molecule has 2 heterocycles. The van der Waals surface area contributed by atoms with Crippen molar-refractivity contribution in [2.75, 3.05) is 11.9 Å². The van der Waals surface area contributed by atoms with E-state index in [9.17, 15) is 22.8 Å². The van der Waals surface area contributed by atoms with Crippen molar-refractivity contribution in [1.29, 1.82) is 0 Å². The summed E-state index contributed by atoms with van der Waals surface area (Å²) in [4.78, 5) is 31.6. The maximum Gasteiger partial charge on any atom is 0.417 e. The Morgan fingerprint density at radius 3 is 2.57 bits per heavy atom. The van der Waals surface area contributed by atoms with Crippen LogP contribution in [-0.2, 0) is 11.0 Å². The summed E-state index contributed by atoms with van der Waals surface area (Å²) in [7, 11) is 0. The van der Waals surface area contributed by atoms with Gasteiger partial charge in [-0.1, -0.05) is 6.92 Å². The summed E-state index contributed by atoms with van der Waals surface area (Å²) in [6.07, 6.45) is -2.92. The van der Waals surface area contributed by atoms with Gasteiger partial charge in [0.05, 0.1) is 12.2 Å². The minimum Gasteiger partial charge on any atom is -0.478 e. The molecular weight excluding hydrogens is 375 g/mol. The quantitative estimate of drug-likeness (QED) is 0.535. The largest absolute Gasteiger partial charge is 0.478 e. The molecule has 0 unspecified atom stereocenters. The van der Waals surface area contributed by atoms with E-state index >= 15 is 0 Å². The molecule has 28 heavy (non-hydrogen) atoms. The van der Waals surface area contributed by atoms with Crippen LogP contribution >= 0.6 is 0 Å². The molecule has 9 heteroatoms. The normalized spacial score (nSPS) is 11.2. The van der Waals surface area contributed by atoms with Crippen LogP contribution in [0.1, 0.15) is 47.8 Å². The molecule has 0 aliphatic heterocycles. The molecule has 0 radical (unpaired) electrons. The number of aryl methyl sites for hydroxylation is 1. The van der Waals surface area contributed by atoms with Crippen molar-refractivity contribution in [2.45, 2.75) is 39.3 Å². The van der Waals surface area contributed by atoms with Crippen molar-refractivity contribution in [1.82, 2.24) is 9.97 Å². The molecular formula is C19H20F3N3O3. The molecule has 0 bridgehead atoms. The number of Topliss-reactive ketones (excluding diaryl/α,β-unsaturated/α-hetero) is 1. The first kappa shape index (κ1) is 21.3. The van der Waals surface area contributed by atoms with Gasteiger partial charge in [-0.2, -0.15) is 13.2 Å². The van der Waals surface area contributed by atoms with Crippen molar-refractivity contribution in [3.63, 3.8) is 0 Å². The van der Waals surface area contributed by atoms with Crippen LogP contribution < -0.4 is 10.1 Å². The van der Waals surface area contributed by atoms with E-state index in [1.165, 1.54) is 6.07 Å². The molecule has 0 aromatic carbocycles. The number of anilines is 1. The van der Waals surface area contributed by atoms with Crippen LogP contribution in [-0.4, -0.2) is 28.3 Å². The van der Waals surface area contributed by atoms with Gasteiger partial charge in [0, 0.05) is 36.4 Å². The highest BCUT2D eigenvalue weighted by Gasteiger charge is 2.30. The SMILES string of the molecule is CCC(=O)Nc1cc(C(=O)CCCOc2ccc(C(F)(F)F)cn2)cc(C)n1. The van der Waals surface area contributed by atoms with Crippen LogP contribution in [0.15, 0.2) is 30.5 Å². The van der Waals surface area contributed by atoms with E-state index in [1.807, 2.05) is 0 Å². The predicted molar refractivity (Wildman–Crippen MR) is 96.2 cm³/mol. The lowest BCUT2D eigenvalue weighted by molar-refractivity contribution is -0.137. The zero-order valence-electron chi connectivity index (χ0n) is 15.5. The molecule has 0 fully saturated rings. The first-order valence-electron chi connectivity index (χ1n) is 8.67. The highest BCUT2D eigenvalue weighted by atomic mass is 19.4. The van der Waals surface area contributed by atoms with Gasteiger partial charge in [-0.05, 0) is 31.5 Å². The molecule has 1 amide bonds. The summed E-state index contributed by atoms with van der Waals surface area (Å²) in [5, 5.41) is 2.62. The summed E-state index contributed by atoms with van der Waals surface area (Å²) in [6.45, 7) is 3.56. The summed E-state index contributed by atoms with van der Waals surface area (Å²) in [5.41, 5.74) is 0.170. The molecule has 0 spiro atoms. The van der Waals surface area contributed by atoms with Crippen LogP contribution in [0.2, 0.25) is 0 Å². The number of rotatable bonds is 8. The maximum atomic E-state index is 12.5. The lowest BCUT2D eigenvalue weighted by Gasteiger charge is -2.09. The Balaban J connectivity index is 1.86. The number of amides is 1. The number of alkyl halides is 3. The number of aromatic nitrogens is 2. The summed E-state index contributed by atoms with van der Waals surface area (Å²) < 4.78 is 42.7. The monoisotopic (exact) mass is 395 g/mol.